The van der Waals surface area contributed by atoms with Crippen LogP contribution >= 0.6 is 0 Å². The Kier molecular flexibility index (Phi) is 3.92. The molecule has 0 aromatic heterocycles. The second kappa shape index (κ2) is 4.77. The molecule has 0 fully saturated rings. The number of nitrogens with two attached hydrogens (primary N) is 1. The fraction of sp³-hybridized carbons (Fsp3) is 0.400. The smallest absolute Gasteiger partial charge is 0.382 e. The van der Waals surface area contributed by atoms with Gasteiger partial charge in [0, 0.05) is 0 Å². The van der Waals surface area contributed by atoms with E-state index in [2.05, 4.69) is 0 Å². The molecule has 18 heavy (non-hydrogen) atoms. The highest BCUT2D eigenvalue weighted by atomic mass is 19.4. The summed E-state index contributed by atoms with van der Waals surface area (Å²) in [6, 6.07) is 1.37. The van der Waals surface area contributed by atoms with Crippen molar-refractivity contribution in [2.45, 2.75) is 24.5 Å². The Hall–Kier alpha value is -1.28. The summed E-state index contributed by atoms with van der Waals surface area (Å²) in [6.07, 6.45) is -13.0. The van der Waals surface area contributed by atoms with Gasteiger partial charge in [0.1, 0.15) is 0 Å². The fourth-order valence-corrected chi connectivity index (χ4v) is 1.42. The molecule has 1 aromatic carbocycles. The Bertz CT molecular complexity index is 414. The molecule has 102 valence electrons. The number of aliphatic hydroxyl groups excluding tert-OH is 1. The molecular formula is C10H9F6NO. The molecule has 2 atom stereocenters. The number of hydrogen-bond donors (Lipinski definition) is 2. The highest BCUT2D eigenvalue weighted by Crippen LogP contribution is 2.37. The summed E-state index contributed by atoms with van der Waals surface area (Å²) < 4.78 is 74.3. The van der Waals surface area contributed by atoms with Gasteiger partial charge in [0.05, 0.1) is 11.6 Å². The van der Waals surface area contributed by atoms with Gasteiger partial charge in [-0.25, -0.2) is 0 Å². The Morgan fingerprint density at radius 3 is 1.94 bits per heavy atom. The number of aliphatic hydroxyl groups is 1. The van der Waals surface area contributed by atoms with Crippen LogP contribution in [0.15, 0.2) is 24.3 Å². The van der Waals surface area contributed by atoms with Crippen LogP contribution in [-0.2, 0) is 6.18 Å². The minimum absolute atomic E-state index is 0.609. The monoisotopic (exact) mass is 273 g/mol. The standard InChI is InChI=1S/C10H9F6NO/c11-9(12,13)6-4-2-1-3-5(6)7(17)8(18)10(14,15)16/h1-4,7-8,18H,17H2/t7-,8-/m0/s1. The number of hydrogen-bond acceptors (Lipinski definition) is 2. The van der Waals surface area contributed by atoms with Crippen LogP contribution in [0, 0.1) is 0 Å². The highest BCUT2D eigenvalue weighted by molar-refractivity contribution is 5.33. The Morgan fingerprint density at radius 2 is 1.50 bits per heavy atom. The zero-order valence-corrected chi connectivity index (χ0v) is 8.76. The van der Waals surface area contributed by atoms with Crippen molar-refractivity contribution >= 4 is 0 Å². The minimum Gasteiger partial charge on any atom is -0.382 e. The summed E-state index contributed by atoms with van der Waals surface area (Å²) in [5, 5.41) is 8.88. The summed E-state index contributed by atoms with van der Waals surface area (Å²) in [6.45, 7) is 0. The van der Waals surface area contributed by atoms with Crippen molar-refractivity contribution in [2.75, 3.05) is 0 Å². The molecule has 0 heterocycles. The second-order valence-electron chi connectivity index (χ2n) is 3.60. The van der Waals surface area contributed by atoms with Gasteiger partial charge < -0.3 is 10.8 Å². The molecule has 0 amide bonds. The first-order valence-electron chi connectivity index (χ1n) is 4.71. The zero-order chi connectivity index (χ0) is 14.1. The normalized spacial score (nSPS) is 16.4. The molecule has 0 saturated heterocycles. The summed E-state index contributed by atoms with van der Waals surface area (Å²) in [5.74, 6) is 0. The van der Waals surface area contributed by atoms with E-state index in [1.54, 1.807) is 0 Å². The number of halogens is 6. The maximum atomic E-state index is 12.6. The summed E-state index contributed by atoms with van der Waals surface area (Å²) in [4.78, 5) is 0. The molecule has 0 unspecified atom stereocenters. The van der Waals surface area contributed by atoms with Crippen LogP contribution in [0.5, 0.6) is 0 Å². The first kappa shape index (κ1) is 14.8. The Morgan fingerprint density at radius 1 is 1.00 bits per heavy atom. The van der Waals surface area contributed by atoms with Gasteiger partial charge in [-0.3, -0.25) is 0 Å². The average Bonchev–Trinajstić information content (AvgIpc) is 2.24. The topological polar surface area (TPSA) is 46.2 Å². The molecule has 0 aliphatic heterocycles. The van der Waals surface area contributed by atoms with Crippen molar-refractivity contribution in [3.05, 3.63) is 35.4 Å². The first-order valence-corrected chi connectivity index (χ1v) is 4.71. The van der Waals surface area contributed by atoms with E-state index in [1.165, 1.54) is 0 Å². The van der Waals surface area contributed by atoms with Gasteiger partial charge in [-0.15, -0.1) is 0 Å². The van der Waals surface area contributed by atoms with Crippen molar-refractivity contribution < 1.29 is 31.4 Å². The van der Waals surface area contributed by atoms with Gasteiger partial charge in [0.15, 0.2) is 6.10 Å². The molecule has 3 N–H and O–H groups in total. The van der Waals surface area contributed by atoms with Gasteiger partial charge in [-0.2, -0.15) is 26.3 Å². The largest absolute Gasteiger partial charge is 0.416 e. The molecule has 1 aromatic rings. The molecule has 8 heteroatoms. The van der Waals surface area contributed by atoms with Gasteiger partial charge >= 0.3 is 12.4 Å². The number of benzene rings is 1. The van der Waals surface area contributed by atoms with Crippen LogP contribution in [0.25, 0.3) is 0 Å². The average molecular weight is 273 g/mol. The van der Waals surface area contributed by atoms with Crippen LogP contribution < -0.4 is 5.73 Å². The lowest BCUT2D eigenvalue weighted by Crippen LogP contribution is -2.39. The van der Waals surface area contributed by atoms with E-state index in [4.69, 9.17) is 10.8 Å². The van der Waals surface area contributed by atoms with Crippen molar-refractivity contribution in [3.8, 4) is 0 Å². The van der Waals surface area contributed by atoms with E-state index in [0.717, 1.165) is 18.2 Å². The molecule has 0 aliphatic rings. The molecule has 0 aliphatic carbocycles. The van der Waals surface area contributed by atoms with Crippen LogP contribution in [0.3, 0.4) is 0 Å². The maximum absolute atomic E-state index is 12.6. The lowest BCUT2D eigenvalue weighted by molar-refractivity contribution is -0.211. The molecule has 0 spiro atoms. The highest BCUT2D eigenvalue weighted by Gasteiger charge is 2.45. The first-order chi connectivity index (χ1) is 8.05. The summed E-state index contributed by atoms with van der Waals surface area (Å²) in [7, 11) is 0. The van der Waals surface area contributed by atoms with E-state index in [9.17, 15) is 26.3 Å². The van der Waals surface area contributed by atoms with Crippen molar-refractivity contribution in [1.29, 1.82) is 0 Å². The van der Waals surface area contributed by atoms with E-state index in [-0.39, 0.29) is 0 Å². The molecule has 0 bridgehead atoms. The summed E-state index contributed by atoms with van der Waals surface area (Å²) >= 11 is 0. The number of rotatable bonds is 2. The van der Waals surface area contributed by atoms with Crippen LogP contribution in [0.1, 0.15) is 17.2 Å². The lowest BCUT2D eigenvalue weighted by atomic mass is 9.96. The van der Waals surface area contributed by atoms with Gasteiger partial charge in [-0.05, 0) is 11.6 Å². The van der Waals surface area contributed by atoms with E-state index >= 15 is 0 Å². The van der Waals surface area contributed by atoms with E-state index < -0.39 is 35.6 Å². The predicted octanol–water partition coefficient (Wildman–Crippen LogP) is 2.63. The third-order valence-electron chi connectivity index (χ3n) is 2.30. The van der Waals surface area contributed by atoms with E-state index in [0.29, 0.717) is 6.07 Å². The predicted molar refractivity (Wildman–Crippen MR) is 50.4 cm³/mol. The SMILES string of the molecule is N[C@@H](c1ccccc1C(F)(F)F)[C@H](O)C(F)(F)F. The van der Waals surface area contributed by atoms with Crippen molar-refractivity contribution in [1.82, 2.24) is 0 Å². The molecule has 0 saturated carbocycles. The van der Waals surface area contributed by atoms with Gasteiger partial charge in [-0.1, -0.05) is 18.2 Å². The Balaban J connectivity index is 3.18. The number of alkyl halides is 6. The van der Waals surface area contributed by atoms with Crippen LogP contribution in [0.2, 0.25) is 0 Å². The fourth-order valence-electron chi connectivity index (χ4n) is 1.42. The second-order valence-corrected chi connectivity index (χ2v) is 3.60. The van der Waals surface area contributed by atoms with Gasteiger partial charge in [0.25, 0.3) is 0 Å². The maximum Gasteiger partial charge on any atom is 0.416 e. The minimum atomic E-state index is -5.09. The third kappa shape index (κ3) is 3.14. The van der Waals surface area contributed by atoms with Crippen molar-refractivity contribution in [3.63, 3.8) is 0 Å². The lowest BCUT2D eigenvalue weighted by Gasteiger charge is -2.24. The molecule has 0 radical (unpaired) electrons. The van der Waals surface area contributed by atoms with Crippen LogP contribution in [-0.4, -0.2) is 17.4 Å². The van der Waals surface area contributed by atoms with Crippen LogP contribution in [0.4, 0.5) is 26.3 Å². The molecule has 1 rings (SSSR count). The quantitative estimate of drug-likeness (QED) is 0.814. The third-order valence-corrected chi connectivity index (χ3v) is 2.30. The van der Waals surface area contributed by atoms with E-state index in [1.807, 2.05) is 0 Å². The Labute approximate surface area is 98.0 Å². The van der Waals surface area contributed by atoms with Gasteiger partial charge in [0.2, 0.25) is 0 Å². The van der Waals surface area contributed by atoms with Crippen molar-refractivity contribution in [2.24, 2.45) is 5.73 Å². The molecule has 2 nitrogen and oxygen atoms in total. The molecular weight excluding hydrogens is 264 g/mol. The summed E-state index contributed by atoms with van der Waals surface area (Å²) in [5.41, 5.74) is 2.96. The zero-order valence-electron chi connectivity index (χ0n) is 8.76.